The summed E-state index contributed by atoms with van der Waals surface area (Å²) in [6, 6.07) is 2.82. The summed E-state index contributed by atoms with van der Waals surface area (Å²) in [6.45, 7) is 1.78. The van der Waals surface area contributed by atoms with Gasteiger partial charge in [-0.25, -0.2) is 13.2 Å². The number of anilines is 1. The number of aromatic carboxylic acids is 1. The Balaban J connectivity index is 2.13. The third-order valence-electron chi connectivity index (χ3n) is 2.75. The Bertz CT molecular complexity index is 547. The number of hydrogen-bond donors (Lipinski definition) is 2. The van der Waals surface area contributed by atoms with Crippen LogP contribution in [0.15, 0.2) is 16.5 Å². The standard InChI is InChI=1S/C10H13NO5S/c1-10(4-5-17(14,15)6-10)11-8-3-2-7(16-8)9(12)13/h2-3,11H,4-6H2,1H3,(H,12,13). The molecule has 1 aliphatic rings. The van der Waals surface area contributed by atoms with Crippen molar-refractivity contribution < 1.29 is 22.7 Å². The lowest BCUT2D eigenvalue weighted by molar-refractivity contribution is 0.0663. The predicted molar refractivity (Wildman–Crippen MR) is 61.0 cm³/mol. The lowest BCUT2D eigenvalue weighted by atomic mass is 10.0. The van der Waals surface area contributed by atoms with Crippen LogP contribution < -0.4 is 5.32 Å². The van der Waals surface area contributed by atoms with Gasteiger partial charge in [0.05, 0.1) is 17.0 Å². The number of rotatable bonds is 3. The van der Waals surface area contributed by atoms with E-state index in [1.54, 1.807) is 6.92 Å². The SMILES string of the molecule is CC1(Nc2ccc(C(=O)O)o2)CCS(=O)(=O)C1. The van der Waals surface area contributed by atoms with Gasteiger partial charge in [-0.15, -0.1) is 0 Å². The normalized spacial score (nSPS) is 26.9. The van der Waals surface area contributed by atoms with Crippen LogP contribution in [-0.4, -0.2) is 36.5 Å². The first-order chi connectivity index (χ1) is 7.80. The molecule has 6 nitrogen and oxygen atoms in total. The topological polar surface area (TPSA) is 96.6 Å². The van der Waals surface area contributed by atoms with Crippen molar-refractivity contribution in [3.63, 3.8) is 0 Å². The number of nitrogens with one attached hydrogen (secondary N) is 1. The van der Waals surface area contributed by atoms with Gasteiger partial charge in [0.15, 0.2) is 15.7 Å². The van der Waals surface area contributed by atoms with E-state index in [1.165, 1.54) is 12.1 Å². The highest BCUT2D eigenvalue weighted by Gasteiger charge is 2.38. The summed E-state index contributed by atoms with van der Waals surface area (Å²) < 4.78 is 27.8. The number of furan rings is 1. The van der Waals surface area contributed by atoms with E-state index in [0.29, 0.717) is 6.42 Å². The van der Waals surface area contributed by atoms with Crippen molar-refractivity contribution in [3.05, 3.63) is 17.9 Å². The first kappa shape index (κ1) is 12.0. The summed E-state index contributed by atoms with van der Waals surface area (Å²) in [6.07, 6.45) is 0.485. The van der Waals surface area contributed by atoms with Crippen LogP contribution in [-0.2, 0) is 9.84 Å². The summed E-state index contributed by atoms with van der Waals surface area (Å²) in [5.41, 5.74) is -0.591. The fraction of sp³-hybridized carbons (Fsp3) is 0.500. The van der Waals surface area contributed by atoms with E-state index in [0.717, 1.165) is 0 Å². The Hall–Kier alpha value is -1.50. The minimum absolute atomic E-state index is 0.0309. The van der Waals surface area contributed by atoms with Crippen molar-refractivity contribution in [2.45, 2.75) is 18.9 Å². The molecular weight excluding hydrogens is 246 g/mol. The molecule has 0 bridgehead atoms. The van der Waals surface area contributed by atoms with Gasteiger partial charge in [0.1, 0.15) is 0 Å². The van der Waals surface area contributed by atoms with Gasteiger partial charge >= 0.3 is 5.97 Å². The molecule has 1 saturated heterocycles. The smallest absolute Gasteiger partial charge is 0.371 e. The number of carboxylic acid groups (broad SMARTS) is 1. The van der Waals surface area contributed by atoms with Gasteiger partial charge in [-0.1, -0.05) is 0 Å². The highest BCUT2D eigenvalue weighted by Crippen LogP contribution is 2.28. The fourth-order valence-electron chi connectivity index (χ4n) is 1.93. The monoisotopic (exact) mass is 259 g/mol. The Morgan fingerprint density at radius 2 is 2.24 bits per heavy atom. The molecule has 2 heterocycles. The van der Waals surface area contributed by atoms with Crippen molar-refractivity contribution in [1.82, 2.24) is 0 Å². The average molecular weight is 259 g/mol. The Labute approximate surface area is 98.5 Å². The zero-order valence-electron chi connectivity index (χ0n) is 9.26. The molecule has 0 spiro atoms. The third kappa shape index (κ3) is 2.60. The minimum atomic E-state index is -3.00. The van der Waals surface area contributed by atoms with Gasteiger partial charge < -0.3 is 14.8 Å². The highest BCUT2D eigenvalue weighted by atomic mass is 32.2. The maximum atomic E-state index is 11.4. The Morgan fingerprint density at radius 3 is 2.71 bits per heavy atom. The second-order valence-electron chi connectivity index (χ2n) is 4.50. The third-order valence-corrected chi connectivity index (χ3v) is 4.65. The molecule has 0 saturated carbocycles. The molecule has 1 fully saturated rings. The van der Waals surface area contributed by atoms with Crippen LogP contribution in [0.3, 0.4) is 0 Å². The van der Waals surface area contributed by atoms with E-state index in [9.17, 15) is 13.2 Å². The van der Waals surface area contributed by atoms with Gasteiger partial charge in [0, 0.05) is 6.07 Å². The average Bonchev–Trinajstić information content (AvgIpc) is 2.72. The second kappa shape index (κ2) is 3.76. The molecule has 1 aromatic heterocycles. The van der Waals surface area contributed by atoms with E-state index in [-0.39, 0.29) is 23.2 Å². The molecule has 1 aromatic rings. The number of carboxylic acids is 1. The molecule has 0 amide bonds. The van der Waals surface area contributed by atoms with Gasteiger partial charge in [0.25, 0.3) is 0 Å². The first-order valence-electron chi connectivity index (χ1n) is 5.11. The number of carbonyl (C=O) groups is 1. The second-order valence-corrected chi connectivity index (χ2v) is 6.68. The van der Waals surface area contributed by atoms with Crippen molar-refractivity contribution in [3.8, 4) is 0 Å². The predicted octanol–water partition coefficient (Wildman–Crippen LogP) is 0.967. The number of hydrogen-bond acceptors (Lipinski definition) is 5. The highest BCUT2D eigenvalue weighted by molar-refractivity contribution is 7.91. The van der Waals surface area contributed by atoms with Gasteiger partial charge in [-0.3, -0.25) is 0 Å². The molecule has 94 valence electrons. The maximum absolute atomic E-state index is 11.4. The first-order valence-corrected chi connectivity index (χ1v) is 6.94. The maximum Gasteiger partial charge on any atom is 0.371 e. The summed E-state index contributed by atoms with van der Waals surface area (Å²) in [4.78, 5) is 10.6. The van der Waals surface area contributed by atoms with Gasteiger partial charge in [-0.05, 0) is 19.4 Å². The Kier molecular flexibility index (Phi) is 2.65. The van der Waals surface area contributed by atoms with Crippen LogP contribution in [0.2, 0.25) is 0 Å². The summed E-state index contributed by atoms with van der Waals surface area (Å²) in [7, 11) is -3.00. The van der Waals surface area contributed by atoms with Crippen LogP contribution in [0.25, 0.3) is 0 Å². The van der Waals surface area contributed by atoms with Crippen molar-refractivity contribution in [2.75, 3.05) is 16.8 Å². The van der Waals surface area contributed by atoms with E-state index in [4.69, 9.17) is 9.52 Å². The summed E-state index contributed by atoms with van der Waals surface area (Å²) >= 11 is 0. The fourth-order valence-corrected chi connectivity index (χ4v) is 4.02. The van der Waals surface area contributed by atoms with Crippen LogP contribution in [0.4, 0.5) is 5.88 Å². The lowest BCUT2D eigenvalue weighted by Gasteiger charge is -2.23. The molecular formula is C10H13NO5S. The van der Waals surface area contributed by atoms with Crippen LogP contribution in [0.5, 0.6) is 0 Å². The van der Waals surface area contributed by atoms with Gasteiger partial charge in [0.2, 0.25) is 5.76 Å². The van der Waals surface area contributed by atoms with E-state index >= 15 is 0 Å². The van der Waals surface area contributed by atoms with E-state index in [2.05, 4.69) is 5.32 Å². The van der Waals surface area contributed by atoms with E-state index < -0.39 is 21.3 Å². The van der Waals surface area contributed by atoms with Crippen molar-refractivity contribution in [1.29, 1.82) is 0 Å². The minimum Gasteiger partial charge on any atom is -0.475 e. The molecule has 2 N–H and O–H groups in total. The van der Waals surface area contributed by atoms with Crippen molar-refractivity contribution in [2.24, 2.45) is 0 Å². The van der Waals surface area contributed by atoms with Crippen LogP contribution >= 0.6 is 0 Å². The molecule has 17 heavy (non-hydrogen) atoms. The Morgan fingerprint density at radius 1 is 1.53 bits per heavy atom. The molecule has 1 aliphatic heterocycles. The summed E-state index contributed by atoms with van der Waals surface area (Å²) in [5, 5.41) is 11.6. The molecule has 7 heteroatoms. The zero-order chi connectivity index (χ0) is 12.7. The molecule has 0 aliphatic carbocycles. The van der Waals surface area contributed by atoms with Crippen LogP contribution in [0.1, 0.15) is 23.9 Å². The molecule has 0 aromatic carbocycles. The number of sulfone groups is 1. The zero-order valence-corrected chi connectivity index (χ0v) is 10.1. The van der Waals surface area contributed by atoms with Crippen molar-refractivity contribution >= 4 is 21.7 Å². The summed E-state index contributed by atoms with van der Waals surface area (Å²) in [5.74, 6) is -0.868. The molecule has 2 rings (SSSR count). The largest absolute Gasteiger partial charge is 0.475 e. The van der Waals surface area contributed by atoms with Gasteiger partial charge in [-0.2, -0.15) is 0 Å². The molecule has 1 unspecified atom stereocenters. The quantitative estimate of drug-likeness (QED) is 0.839. The van der Waals surface area contributed by atoms with E-state index in [1.807, 2.05) is 0 Å². The molecule has 0 radical (unpaired) electrons. The van der Waals surface area contributed by atoms with Crippen LogP contribution in [0, 0.1) is 0 Å². The lowest BCUT2D eigenvalue weighted by Crippen LogP contribution is -2.35. The molecule has 1 atom stereocenters.